The summed E-state index contributed by atoms with van der Waals surface area (Å²) in [4.78, 5) is 30.8. The molecule has 0 aliphatic carbocycles. The number of amides is 1. The number of carbonyl (C=O) groups excluding carboxylic acids is 1. The van der Waals surface area contributed by atoms with Crippen LogP contribution in [0.3, 0.4) is 0 Å². The zero-order valence-electron chi connectivity index (χ0n) is 14.8. The van der Waals surface area contributed by atoms with E-state index in [4.69, 9.17) is 5.11 Å². The number of carboxylic acid groups (broad SMARTS) is 1. The third-order valence-corrected chi connectivity index (χ3v) is 4.69. The molecule has 0 spiro atoms. The highest BCUT2D eigenvalue weighted by molar-refractivity contribution is 7.88. The fourth-order valence-electron chi connectivity index (χ4n) is 2.15. The Hall–Kier alpha value is -2.85. The monoisotopic (exact) mass is 392 g/mol. The van der Waals surface area contributed by atoms with E-state index in [1.807, 2.05) is 13.8 Å². The van der Waals surface area contributed by atoms with Gasteiger partial charge in [-0.3, -0.25) is 4.79 Å². The van der Waals surface area contributed by atoms with Crippen LogP contribution in [-0.2, 0) is 15.8 Å². The van der Waals surface area contributed by atoms with E-state index in [1.165, 1.54) is 18.5 Å². The molecule has 1 amide bonds. The number of nitrogens with zero attached hydrogens (tertiary/aromatic N) is 2. The second-order valence-corrected chi connectivity index (χ2v) is 8.02. The number of hydrogen-bond donors (Lipinski definition) is 3. The van der Waals surface area contributed by atoms with Gasteiger partial charge in [0.1, 0.15) is 0 Å². The third kappa shape index (κ3) is 6.12. The summed E-state index contributed by atoms with van der Waals surface area (Å²) in [6.07, 6.45) is 2.39. The van der Waals surface area contributed by atoms with Crippen LogP contribution >= 0.6 is 0 Å². The molecule has 3 N–H and O–H groups in total. The van der Waals surface area contributed by atoms with Gasteiger partial charge in [0.25, 0.3) is 5.91 Å². The molecule has 0 saturated heterocycles. The molecule has 0 fully saturated rings. The quantitative estimate of drug-likeness (QED) is 0.619. The highest BCUT2D eigenvalue weighted by Gasteiger charge is 2.20. The van der Waals surface area contributed by atoms with E-state index in [9.17, 15) is 18.0 Å². The van der Waals surface area contributed by atoms with E-state index < -0.39 is 27.6 Å². The van der Waals surface area contributed by atoms with Crippen LogP contribution in [0.15, 0.2) is 36.7 Å². The van der Waals surface area contributed by atoms with Gasteiger partial charge in [0.05, 0.1) is 5.75 Å². The maximum atomic E-state index is 12.3. The number of anilines is 1. The van der Waals surface area contributed by atoms with Crippen molar-refractivity contribution < 1.29 is 23.1 Å². The predicted molar refractivity (Wildman–Crippen MR) is 98.9 cm³/mol. The Morgan fingerprint density at radius 2 is 1.81 bits per heavy atom. The fraction of sp³-hybridized carbons (Fsp3) is 0.294. The number of aromatic carboxylic acids is 1. The number of aromatic nitrogens is 2. The minimum Gasteiger partial charge on any atom is -0.476 e. The van der Waals surface area contributed by atoms with Crippen molar-refractivity contribution in [2.45, 2.75) is 19.6 Å². The van der Waals surface area contributed by atoms with Gasteiger partial charge in [-0.25, -0.2) is 27.9 Å². The minimum atomic E-state index is -3.51. The van der Waals surface area contributed by atoms with Crippen molar-refractivity contribution in [1.29, 1.82) is 0 Å². The Morgan fingerprint density at radius 3 is 2.44 bits per heavy atom. The molecule has 0 saturated carbocycles. The topological polar surface area (TPSA) is 138 Å². The molecule has 2 rings (SSSR count). The zero-order valence-corrected chi connectivity index (χ0v) is 15.7. The summed E-state index contributed by atoms with van der Waals surface area (Å²) >= 11 is 0. The van der Waals surface area contributed by atoms with Crippen molar-refractivity contribution in [3.05, 3.63) is 53.6 Å². The Morgan fingerprint density at radius 1 is 1.15 bits per heavy atom. The van der Waals surface area contributed by atoms with E-state index in [0.717, 1.165) is 0 Å². The molecule has 2 aromatic rings. The lowest BCUT2D eigenvalue weighted by atomic mass is 10.2. The Balaban J connectivity index is 2.14. The van der Waals surface area contributed by atoms with Crippen molar-refractivity contribution in [2.75, 3.05) is 11.9 Å². The maximum Gasteiger partial charge on any atom is 0.356 e. The first-order valence-corrected chi connectivity index (χ1v) is 9.75. The highest BCUT2D eigenvalue weighted by Crippen LogP contribution is 2.15. The molecule has 0 radical (unpaired) electrons. The largest absolute Gasteiger partial charge is 0.476 e. The van der Waals surface area contributed by atoms with Gasteiger partial charge in [0.2, 0.25) is 10.0 Å². The van der Waals surface area contributed by atoms with Gasteiger partial charge in [-0.15, -0.1) is 0 Å². The summed E-state index contributed by atoms with van der Waals surface area (Å²) in [5, 5.41) is 11.6. The lowest BCUT2D eigenvalue weighted by molar-refractivity contribution is 0.0685. The van der Waals surface area contributed by atoms with Crippen molar-refractivity contribution in [2.24, 2.45) is 5.92 Å². The van der Waals surface area contributed by atoms with E-state index in [1.54, 1.807) is 18.2 Å². The predicted octanol–water partition coefficient (Wildman–Crippen LogP) is 1.50. The summed E-state index contributed by atoms with van der Waals surface area (Å²) in [6, 6.07) is 6.28. The molecule has 27 heavy (non-hydrogen) atoms. The lowest BCUT2D eigenvalue weighted by Crippen LogP contribution is -2.28. The number of nitrogens with one attached hydrogen (secondary N) is 2. The normalized spacial score (nSPS) is 11.4. The zero-order chi connectivity index (χ0) is 20.0. The van der Waals surface area contributed by atoms with E-state index in [2.05, 4.69) is 20.0 Å². The second-order valence-electron chi connectivity index (χ2n) is 6.21. The summed E-state index contributed by atoms with van der Waals surface area (Å²) in [5.41, 5.74) is -0.00606. The molecular formula is C17H20N4O5S. The molecule has 0 atom stereocenters. The first kappa shape index (κ1) is 20.5. The summed E-state index contributed by atoms with van der Waals surface area (Å²) in [7, 11) is -3.51. The van der Waals surface area contributed by atoms with Gasteiger partial charge in [-0.2, -0.15) is 0 Å². The molecule has 0 aliphatic rings. The Labute approximate surface area is 156 Å². The second kappa shape index (κ2) is 8.69. The number of benzene rings is 1. The number of carbonyl (C=O) groups is 2. The molecule has 1 aromatic heterocycles. The van der Waals surface area contributed by atoms with Gasteiger partial charge in [-0.05, 0) is 23.6 Å². The van der Waals surface area contributed by atoms with Crippen LogP contribution in [0.25, 0.3) is 0 Å². The van der Waals surface area contributed by atoms with Crippen LogP contribution in [0.1, 0.15) is 40.4 Å². The molecule has 1 heterocycles. The molecular weight excluding hydrogens is 372 g/mol. The van der Waals surface area contributed by atoms with Gasteiger partial charge in [0.15, 0.2) is 11.4 Å². The number of hydrogen-bond acceptors (Lipinski definition) is 6. The standard InChI is InChI=1S/C17H20N4O5S/c1-11(2)9-20-27(25,26)10-12-4-3-5-13(8-12)21-16(22)14-15(17(23)24)19-7-6-18-14/h3-8,11,20H,9-10H2,1-2H3,(H,21,22)(H,23,24). The van der Waals surface area contributed by atoms with E-state index in [0.29, 0.717) is 17.8 Å². The van der Waals surface area contributed by atoms with E-state index in [-0.39, 0.29) is 17.4 Å². The molecule has 1 aromatic carbocycles. The van der Waals surface area contributed by atoms with Gasteiger partial charge >= 0.3 is 5.97 Å². The number of carboxylic acids is 1. The van der Waals surface area contributed by atoms with Crippen molar-refractivity contribution in [3.63, 3.8) is 0 Å². The van der Waals surface area contributed by atoms with Crippen LogP contribution in [-0.4, -0.2) is 41.9 Å². The van der Waals surface area contributed by atoms with Crippen LogP contribution < -0.4 is 10.0 Å². The van der Waals surface area contributed by atoms with Crippen LogP contribution in [0, 0.1) is 5.92 Å². The summed E-state index contributed by atoms with van der Waals surface area (Å²) in [6.45, 7) is 4.14. The minimum absolute atomic E-state index is 0.181. The molecule has 10 heteroatoms. The molecule has 9 nitrogen and oxygen atoms in total. The summed E-state index contributed by atoms with van der Waals surface area (Å²) in [5.74, 6) is -2.18. The van der Waals surface area contributed by atoms with Crippen molar-refractivity contribution in [3.8, 4) is 0 Å². The maximum absolute atomic E-state index is 12.3. The van der Waals surface area contributed by atoms with E-state index >= 15 is 0 Å². The van der Waals surface area contributed by atoms with Crippen LogP contribution in [0.4, 0.5) is 5.69 Å². The highest BCUT2D eigenvalue weighted by atomic mass is 32.2. The first-order valence-electron chi connectivity index (χ1n) is 8.10. The molecule has 144 valence electrons. The number of sulfonamides is 1. The molecule has 0 aliphatic heterocycles. The SMILES string of the molecule is CC(C)CNS(=O)(=O)Cc1cccc(NC(=O)c2nccnc2C(=O)O)c1. The van der Waals surface area contributed by atoms with Crippen LogP contribution in [0.5, 0.6) is 0 Å². The summed E-state index contributed by atoms with van der Waals surface area (Å²) < 4.78 is 26.7. The molecule has 0 unspecified atom stereocenters. The first-order chi connectivity index (χ1) is 12.7. The average Bonchev–Trinajstić information content (AvgIpc) is 2.60. The average molecular weight is 392 g/mol. The lowest BCUT2D eigenvalue weighted by Gasteiger charge is -2.10. The van der Waals surface area contributed by atoms with Crippen molar-refractivity contribution in [1.82, 2.24) is 14.7 Å². The Kier molecular flexibility index (Phi) is 6.59. The van der Waals surface area contributed by atoms with Crippen LogP contribution in [0.2, 0.25) is 0 Å². The van der Waals surface area contributed by atoms with Crippen molar-refractivity contribution >= 4 is 27.6 Å². The number of rotatable bonds is 8. The van der Waals surface area contributed by atoms with Gasteiger partial charge in [0, 0.05) is 24.6 Å². The Bertz CT molecular complexity index is 944. The fourth-order valence-corrected chi connectivity index (χ4v) is 3.46. The smallest absolute Gasteiger partial charge is 0.356 e. The molecule has 0 bridgehead atoms. The van der Waals surface area contributed by atoms with Gasteiger partial charge in [-0.1, -0.05) is 26.0 Å². The van der Waals surface area contributed by atoms with Gasteiger partial charge < -0.3 is 10.4 Å². The third-order valence-electron chi connectivity index (χ3n) is 3.37.